The molecule has 1 unspecified atom stereocenters. The molecule has 0 radical (unpaired) electrons. The number of thiocarbonyl (C=S) groups is 1. The molecule has 24 heavy (non-hydrogen) atoms. The number of rotatable bonds is 5. The minimum absolute atomic E-state index is 0.0710. The lowest BCUT2D eigenvalue weighted by molar-refractivity contribution is -0.123. The highest BCUT2D eigenvalue weighted by molar-refractivity contribution is 8.26. The van der Waals surface area contributed by atoms with E-state index in [0.29, 0.717) is 27.3 Å². The fourth-order valence-electron chi connectivity index (χ4n) is 2.73. The molecule has 128 valence electrons. The van der Waals surface area contributed by atoms with E-state index in [9.17, 15) is 4.79 Å². The van der Waals surface area contributed by atoms with Crippen molar-refractivity contribution in [3.8, 4) is 11.5 Å². The van der Waals surface area contributed by atoms with Crippen LogP contribution in [0.5, 0.6) is 11.5 Å². The van der Waals surface area contributed by atoms with Gasteiger partial charge in [0.1, 0.15) is 15.8 Å². The lowest BCUT2D eigenvalue weighted by Crippen LogP contribution is -2.35. The Morgan fingerprint density at radius 1 is 1.42 bits per heavy atom. The number of methoxy groups -OCH3 is 2. The summed E-state index contributed by atoms with van der Waals surface area (Å²) in [4.78, 5) is 14.9. The summed E-state index contributed by atoms with van der Waals surface area (Å²) in [5, 5.41) is 0. The van der Waals surface area contributed by atoms with Gasteiger partial charge in [0, 0.05) is 18.2 Å². The molecular formula is C17H19NO4S2. The minimum Gasteiger partial charge on any atom is -0.497 e. The van der Waals surface area contributed by atoms with Gasteiger partial charge < -0.3 is 14.2 Å². The summed E-state index contributed by atoms with van der Waals surface area (Å²) >= 11 is 6.68. The molecule has 7 heteroatoms. The number of carbonyl (C=O) groups is 1. The number of ether oxygens (including phenoxy) is 3. The van der Waals surface area contributed by atoms with Crippen molar-refractivity contribution in [2.45, 2.75) is 18.9 Å². The molecule has 2 heterocycles. The highest BCUT2D eigenvalue weighted by Crippen LogP contribution is 2.35. The van der Waals surface area contributed by atoms with Crippen LogP contribution in [0, 0.1) is 0 Å². The van der Waals surface area contributed by atoms with Crippen molar-refractivity contribution < 1.29 is 19.0 Å². The monoisotopic (exact) mass is 365 g/mol. The van der Waals surface area contributed by atoms with Crippen LogP contribution in [0.2, 0.25) is 0 Å². The fraction of sp³-hybridized carbons (Fsp3) is 0.412. The van der Waals surface area contributed by atoms with Gasteiger partial charge in [0.25, 0.3) is 5.91 Å². The zero-order chi connectivity index (χ0) is 17.1. The zero-order valence-electron chi connectivity index (χ0n) is 13.6. The first-order valence-electron chi connectivity index (χ1n) is 7.71. The smallest absolute Gasteiger partial charge is 0.266 e. The summed E-state index contributed by atoms with van der Waals surface area (Å²) in [6, 6.07) is 5.49. The average Bonchev–Trinajstić information content (AvgIpc) is 3.19. The van der Waals surface area contributed by atoms with Crippen molar-refractivity contribution in [3.63, 3.8) is 0 Å². The van der Waals surface area contributed by atoms with E-state index in [2.05, 4.69) is 0 Å². The maximum Gasteiger partial charge on any atom is 0.266 e. The van der Waals surface area contributed by atoms with Crippen molar-refractivity contribution in [3.05, 3.63) is 28.7 Å². The minimum atomic E-state index is -0.0710. The van der Waals surface area contributed by atoms with E-state index in [-0.39, 0.29) is 12.0 Å². The van der Waals surface area contributed by atoms with Gasteiger partial charge in [0.2, 0.25) is 0 Å². The van der Waals surface area contributed by atoms with Crippen molar-refractivity contribution in [1.29, 1.82) is 0 Å². The quantitative estimate of drug-likeness (QED) is 0.590. The van der Waals surface area contributed by atoms with Gasteiger partial charge in [0.05, 0.1) is 31.8 Å². The molecule has 1 amide bonds. The van der Waals surface area contributed by atoms with Gasteiger partial charge in [-0.1, -0.05) is 24.0 Å². The number of carbonyl (C=O) groups excluding carboxylic acids is 1. The molecule has 0 spiro atoms. The summed E-state index contributed by atoms with van der Waals surface area (Å²) in [5.74, 6) is 1.28. The van der Waals surface area contributed by atoms with Gasteiger partial charge in [-0.3, -0.25) is 9.69 Å². The molecular weight excluding hydrogens is 346 g/mol. The van der Waals surface area contributed by atoms with Crippen LogP contribution in [0.25, 0.3) is 6.08 Å². The first-order valence-corrected chi connectivity index (χ1v) is 8.94. The number of benzene rings is 1. The Kier molecular flexibility index (Phi) is 5.43. The highest BCUT2D eigenvalue weighted by atomic mass is 32.2. The van der Waals surface area contributed by atoms with Gasteiger partial charge in [-0.25, -0.2) is 0 Å². The number of nitrogens with zero attached hydrogens (tertiary/aromatic N) is 1. The fourth-order valence-corrected chi connectivity index (χ4v) is 3.99. The third-order valence-corrected chi connectivity index (χ3v) is 5.39. The van der Waals surface area contributed by atoms with Crippen molar-refractivity contribution in [1.82, 2.24) is 4.90 Å². The van der Waals surface area contributed by atoms with Crippen LogP contribution in [0.1, 0.15) is 18.4 Å². The molecule has 1 aromatic carbocycles. The van der Waals surface area contributed by atoms with Crippen LogP contribution in [0.3, 0.4) is 0 Å². The van der Waals surface area contributed by atoms with E-state index in [4.69, 9.17) is 26.4 Å². The molecule has 1 atom stereocenters. The van der Waals surface area contributed by atoms with Crippen LogP contribution in [0.4, 0.5) is 0 Å². The second-order valence-corrected chi connectivity index (χ2v) is 7.21. The Morgan fingerprint density at radius 3 is 2.92 bits per heavy atom. The zero-order valence-corrected chi connectivity index (χ0v) is 15.2. The van der Waals surface area contributed by atoms with Crippen molar-refractivity contribution in [2.75, 3.05) is 27.4 Å². The van der Waals surface area contributed by atoms with Gasteiger partial charge in [-0.2, -0.15) is 0 Å². The summed E-state index contributed by atoms with van der Waals surface area (Å²) in [7, 11) is 3.19. The first kappa shape index (κ1) is 17.3. The maximum atomic E-state index is 12.7. The van der Waals surface area contributed by atoms with Gasteiger partial charge in [-0.15, -0.1) is 0 Å². The van der Waals surface area contributed by atoms with Crippen LogP contribution in [0.15, 0.2) is 23.1 Å². The normalized spacial score (nSPS) is 22.5. The summed E-state index contributed by atoms with van der Waals surface area (Å²) in [5.41, 5.74) is 0.816. The Hall–Kier alpha value is -1.57. The number of hydrogen-bond donors (Lipinski definition) is 0. The largest absolute Gasteiger partial charge is 0.497 e. The molecule has 0 aliphatic carbocycles. The van der Waals surface area contributed by atoms with Crippen molar-refractivity contribution >= 4 is 40.3 Å². The number of hydrogen-bond acceptors (Lipinski definition) is 6. The van der Waals surface area contributed by atoms with Gasteiger partial charge >= 0.3 is 0 Å². The van der Waals surface area contributed by atoms with Crippen LogP contribution in [-0.4, -0.2) is 48.6 Å². The second kappa shape index (κ2) is 7.55. The second-order valence-electron chi connectivity index (χ2n) is 5.54. The van der Waals surface area contributed by atoms with Crippen LogP contribution >= 0.6 is 24.0 Å². The van der Waals surface area contributed by atoms with Gasteiger partial charge in [-0.05, 0) is 31.1 Å². The third-order valence-electron chi connectivity index (χ3n) is 4.01. The lowest BCUT2D eigenvalue weighted by Gasteiger charge is -2.18. The molecule has 3 rings (SSSR count). The molecule has 2 aliphatic rings. The maximum absolute atomic E-state index is 12.7. The van der Waals surface area contributed by atoms with Gasteiger partial charge in [0.15, 0.2) is 0 Å². The predicted octanol–water partition coefficient (Wildman–Crippen LogP) is 3.08. The predicted molar refractivity (Wildman–Crippen MR) is 98.4 cm³/mol. The number of thioether (sulfide) groups is 1. The lowest BCUT2D eigenvalue weighted by atomic mass is 10.1. The molecule has 2 saturated heterocycles. The summed E-state index contributed by atoms with van der Waals surface area (Å²) in [6.45, 7) is 1.29. The van der Waals surface area contributed by atoms with E-state index in [1.54, 1.807) is 25.2 Å². The Balaban J connectivity index is 1.80. The molecule has 0 aromatic heterocycles. The molecule has 2 aliphatic heterocycles. The van der Waals surface area contributed by atoms with E-state index in [1.165, 1.54) is 11.8 Å². The SMILES string of the molecule is COc1ccc(C=C2SC(=S)N(CC3CCCO3)C2=O)c(OC)c1. The number of amides is 1. The van der Waals surface area contributed by atoms with Crippen LogP contribution in [-0.2, 0) is 9.53 Å². The molecule has 5 nitrogen and oxygen atoms in total. The Bertz CT molecular complexity index is 683. The first-order chi connectivity index (χ1) is 11.6. The van der Waals surface area contributed by atoms with Crippen molar-refractivity contribution in [2.24, 2.45) is 0 Å². The molecule has 0 N–H and O–H groups in total. The molecule has 0 bridgehead atoms. The Morgan fingerprint density at radius 2 is 2.25 bits per heavy atom. The van der Waals surface area contributed by atoms with E-state index in [0.717, 1.165) is 25.0 Å². The highest BCUT2D eigenvalue weighted by Gasteiger charge is 2.34. The average molecular weight is 365 g/mol. The standard InChI is InChI=1S/C17H19NO4S2/c1-20-12-6-5-11(14(9-12)21-2)8-15-16(19)18(17(23)24-15)10-13-4-3-7-22-13/h5-6,8-9,13H,3-4,7,10H2,1-2H3. The summed E-state index contributed by atoms with van der Waals surface area (Å²) < 4.78 is 16.8. The molecule has 0 saturated carbocycles. The Labute approximate surface area is 150 Å². The van der Waals surface area contributed by atoms with E-state index >= 15 is 0 Å². The summed E-state index contributed by atoms with van der Waals surface area (Å²) in [6.07, 6.45) is 3.91. The van der Waals surface area contributed by atoms with E-state index < -0.39 is 0 Å². The molecule has 2 fully saturated rings. The van der Waals surface area contributed by atoms with Crippen LogP contribution < -0.4 is 9.47 Å². The van der Waals surface area contributed by atoms with E-state index in [1.807, 2.05) is 18.2 Å². The molecule has 1 aromatic rings. The topological polar surface area (TPSA) is 48.0 Å². The third kappa shape index (κ3) is 3.58.